The molecule has 1 fully saturated rings. The minimum absolute atomic E-state index is 0.0290. The molecule has 1 saturated carbocycles. The Labute approximate surface area is 180 Å². The smallest absolute Gasteiger partial charge is 0.416 e. The van der Waals surface area contributed by atoms with E-state index in [0.717, 1.165) is 36.1 Å². The second kappa shape index (κ2) is 7.24. The molecule has 2 aromatic carbocycles. The van der Waals surface area contributed by atoms with Crippen molar-refractivity contribution in [3.05, 3.63) is 59.2 Å². The molecule has 0 aromatic heterocycles. The van der Waals surface area contributed by atoms with Crippen molar-refractivity contribution < 1.29 is 26.7 Å². The second-order valence-electron chi connectivity index (χ2n) is 9.13. The molecule has 31 heavy (non-hydrogen) atoms. The first kappa shape index (κ1) is 22.1. The quantitative estimate of drug-likeness (QED) is 0.715. The number of alkyl halides is 3. The number of phenols is 1. The summed E-state index contributed by atoms with van der Waals surface area (Å²) < 4.78 is 67.8. The van der Waals surface area contributed by atoms with E-state index in [2.05, 4.69) is 6.92 Å². The van der Waals surface area contributed by atoms with Crippen molar-refractivity contribution in [2.75, 3.05) is 7.05 Å². The van der Waals surface area contributed by atoms with Crippen LogP contribution in [0.3, 0.4) is 0 Å². The minimum Gasteiger partial charge on any atom is -0.508 e. The maximum absolute atomic E-state index is 13.5. The van der Waals surface area contributed by atoms with Gasteiger partial charge in [-0.3, -0.25) is 0 Å². The van der Waals surface area contributed by atoms with Gasteiger partial charge in [-0.2, -0.15) is 17.5 Å². The maximum Gasteiger partial charge on any atom is 0.416 e. The van der Waals surface area contributed by atoms with Gasteiger partial charge in [0, 0.05) is 18.5 Å². The van der Waals surface area contributed by atoms with Crippen molar-refractivity contribution in [1.82, 2.24) is 4.31 Å². The molecule has 4 nitrogen and oxygen atoms in total. The van der Waals surface area contributed by atoms with Gasteiger partial charge in [-0.05, 0) is 72.6 Å². The molecule has 0 amide bonds. The number of benzene rings is 2. The molecule has 2 bridgehead atoms. The third kappa shape index (κ3) is 3.53. The van der Waals surface area contributed by atoms with Gasteiger partial charge in [-0.15, -0.1) is 0 Å². The highest BCUT2D eigenvalue weighted by atomic mass is 32.2. The summed E-state index contributed by atoms with van der Waals surface area (Å²) in [6.45, 7) is 4.11. The minimum atomic E-state index is -4.62. The molecule has 1 unspecified atom stereocenters. The van der Waals surface area contributed by atoms with E-state index in [-0.39, 0.29) is 22.5 Å². The molecule has 2 aliphatic carbocycles. The zero-order valence-corrected chi connectivity index (χ0v) is 18.5. The third-order valence-electron chi connectivity index (χ3n) is 7.30. The van der Waals surface area contributed by atoms with Crippen LogP contribution in [0.5, 0.6) is 5.75 Å². The molecule has 0 heterocycles. The molecule has 168 valence electrons. The molecule has 8 heteroatoms. The van der Waals surface area contributed by atoms with E-state index in [9.17, 15) is 26.7 Å². The summed E-state index contributed by atoms with van der Waals surface area (Å²) >= 11 is 0. The van der Waals surface area contributed by atoms with Crippen molar-refractivity contribution in [3.63, 3.8) is 0 Å². The predicted molar refractivity (Wildman–Crippen MR) is 111 cm³/mol. The topological polar surface area (TPSA) is 57.6 Å². The van der Waals surface area contributed by atoms with Crippen LogP contribution >= 0.6 is 0 Å². The van der Waals surface area contributed by atoms with Gasteiger partial charge < -0.3 is 5.11 Å². The van der Waals surface area contributed by atoms with Crippen LogP contribution < -0.4 is 0 Å². The van der Waals surface area contributed by atoms with E-state index in [1.165, 1.54) is 17.4 Å². The van der Waals surface area contributed by atoms with E-state index in [1.807, 2.05) is 13.0 Å². The first-order valence-electron chi connectivity index (χ1n) is 10.3. The Hall–Kier alpha value is -2.06. The van der Waals surface area contributed by atoms with Crippen LogP contribution in [0, 0.1) is 11.8 Å². The molecule has 2 aromatic rings. The molecular weight excluding hydrogens is 427 g/mol. The Kier molecular flexibility index (Phi) is 5.17. The fraction of sp³-hybridized carbons (Fsp3) is 0.478. The predicted octanol–water partition coefficient (Wildman–Crippen LogP) is 4.96. The fourth-order valence-electron chi connectivity index (χ4n) is 5.63. The van der Waals surface area contributed by atoms with Crippen LogP contribution in [0.1, 0.15) is 43.4 Å². The van der Waals surface area contributed by atoms with Crippen molar-refractivity contribution in [2.24, 2.45) is 11.8 Å². The van der Waals surface area contributed by atoms with Crippen molar-refractivity contribution >= 4 is 10.0 Å². The molecule has 0 spiro atoms. The average Bonchev–Trinajstić information content (AvgIpc) is 2.70. The molecule has 1 N–H and O–H groups in total. The number of hydrogen-bond acceptors (Lipinski definition) is 3. The maximum atomic E-state index is 13.5. The number of nitrogens with zero attached hydrogens (tertiary/aromatic N) is 1. The van der Waals surface area contributed by atoms with Crippen molar-refractivity contribution in [1.29, 1.82) is 0 Å². The number of fused-ring (bicyclic) bond motifs is 4. The van der Waals surface area contributed by atoms with Crippen LogP contribution in [0.15, 0.2) is 47.4 Å². The van der Waals surface area contributed by atoms with E-state index in [4.69, 9.17) is 0 Å². The standard InChI is InChI=1S/C23H26F3NO3S/c1-14-9-10-22(2)20-13-17(28)8-7-15(20)11-19(14)21(22)27(3)31(29,30)18-6-4-5-16(12-18)23(24,25)26/h4-8,12-14,19,21,28H,9-11H2,1-3H3/t14?,19-,21+,22+/m0/s1. The average molecular weight is 454 g/mol. The van der Waals surface area contributed by atoms with Gasteiger partial charge in [0.15, 0.2) is 0 Å². The van der Waals surface area contributed by atoms with Crippen LogP contribution in [0.25, 0.3) is 0 Å². The number of hydrogen-bond donors (Lipinski definition) is 1. The second-order valence-corrected chi connectivity index (χ2v) is 11.1. The Morgan fingerprint density at radius 3 is 2.55 bits per heavy atom. The van der Waals surface area contributed by atoms with Gasteiger partial charge in [-0.1, -0.05) is 26.0 Å². The summed E-state index contributed by atoms with van der Waals surface area (Å²) in [6, 6.07) is 8.74. The van der Waals surface area contributed by atoms with E-state index in [0.29, 0.717) is 12.5 Å². The zero-order valence-electron chi connectivity index (χ0n) is 17.6. The summed E-state index contributed by atoms with van der Waals surface area (Å²) in [6.07, 6.45) is -2.31. The molecule has 0 saturated heterocycles. The highest BCUT2D eigenvalue weighted by Crippen LogP contribution is 2.53. The van der Waals surface area contributed by atoms with E-state index >= 15 is 0 Å². The first-order valence-corrected chi connectivity index (χ1v) is 11.8. The van der Waals surface area contributed by atoms with Crippen molar-refractivity contribution in [3.8, 4) is 5.75 Å². The Morgan fingerprint density at radius 2 is 1.87 bits per heavy atom. The van der Waals surface area contributed by atoms with E-state index in [1.54, 1.807) is 12.1 Å². The normalized spacial score (nSPS) is 28.4. The lowest BCUT2D eigenvalue weighted by Gasteiger charge is -2.56. The molecule has 0 aliphatic heterocycles. The fourth-order valence-corrected chi connectivity index (χ4v) is 7.17. The Bertz CT molecular complexity index is 1120. The monoisotopic (exact) mass is 453 g/mol. The first-order chi connectivity index (χ1) is 14.4. The zero-order chi connectivity index (χ0) is 22.8. The van der Waals surface area contributed by atoms with Crippen LogP contribution in [0.4, 0.5) is 13.2 Å². The molecular formula is C23H26F3NO3S. The van der Waals surface area contributed by atoms with Crippen LogP contribution in [-0.2, 0) is 28.0 Å². The lowest BCUT2D eigenvalue weighted by atomic mass is 9.54. The van der Waals surface area contributed by atoms with Gasteiger partial charge in [-0.25, -0.2) is 8.42 Å². The van der Waals surface area contributed by atoms with Gasteiger partial charge in [0.2, 0.25) is 10.0 Å². The Balaban J connectivity index is 1.81. The highest BCUT2D eigenvalue weighted by Gasteiger charge is 2.54. The Morgan fingerprint density at radius 1 is 1.16 bits per heavy atom. The third-order valence-corrected chi connectivity index (χ3v) is 9.14. The number of likely N-dealkylation sites (N-methyl/N-ethyl adjacent to an activating group) is 1. The van der Waals surface area contributed by atoms with E-state index < -0.39 is 33.2 Å². The summed E-state index contributed by atoms with van der Waals surface area (Å²) in [5.41, 5.74) is 0.484. The summed E-state index contributed by atoms with van der Waals surface area (Å²) in [7, 11) is -2.70. The molecule has 4 atom stereocenters. The summed E-state index contributed by atoms with van der Waals surface area (Å²) in [5.74, 6) is 0.416. The SMILES string of the molecule is CC1CC[C@]2(C)c3cc(O)ccc3C[C@@H]1[C@H]2N(C)S(=O)(=O)c1cccc(C(F)(F)F)c1. The van der Waals surface area contributed by atoms with Crippen LogP contribution in [0.2, 0.25) is 0 Å². The summed E-state index contributed by atoms with van der Waals surface area (Å²) in [4.78, 5) is -0.360. The van der Waals surface area contributed by atoms with Gasteiger partial charge in [0.25, 0.3) is 0 Å². The molecule has 2 aliphatic rings. The largest absolute Gasteiger partial charge is 0.508 e. The van der Waals surface area contributed by atoms with Gasteiger partial charge >= 0.3 is 6.18 Å². The number of sulfonamides is 1. The van der Waals surface area contributed by atoms with Crippen LogP contribution in [-0.4, -0.2) is 30.9 Å². The molecule has 0 radical (unpaired) electrons. The summed E-state index contributed by atoms with van der Waals surface area (Å²) in [5, 5.41) is 10.1. The number of phenolic OH excluding ortho intramolecular Hbond substituents is 1. The van der Waals surface area contributed by atoms with Gasteiger partial charge in [0.1, 0.15) is 5.75 Å². The number of rotatable bonds is 3. The van der Waals surface area contributed by atoms with Crippen molar-refractivity contribution in [2.45, 2.75) is 55.6 Å². The lowest BCUT2D eigenvalue weighted by Crippen LogP contribution is -2.60. The van der Waals surface area contributed by atoms with Gasteiger partial charge in [0.05, 0.1) is 10.5 Å². The highest BCUT2D eigenvalue weighted by molar-refractivity contribution is 7.89. The number of aromatic hydroxyl groups is 1. The molecule has 4 rings (SSSR count). The lowest BCUT2D eigenvalue weighted by molar-refractivity contribution is -0.137. The number of halogens is 3.